The molecule has 1 aromatic carbocycles. The molecule has 1 aliphatic heterocycles. The van der Waals surface area contributed by atoms with E-state index in [1.807, 2.05) is 19.1 Å². The molecular formula is C21H30F2IN5OS. The molecule has 1 aliphatic rings. The van der Waals surface area contributed by atoms with Crippen LogP contribution < -0.4 is 20.3 Å². The maximum atomic E-state index is 12.3. The van der Waals surface area contributed by atoms with Crippen LogP contribution in [0.25, 0.3) is 0 Å². The first-order chi connectivity index (χ1) is 14.6. The highest BCUT2D eigenvalue weighted by atomic mass is 127. The predicted molar refractivity (Wildman–Crippen MR) is 133 cm³/mol. The minimum atomic E-state index is -2.80. The molecule has 0 aliphatic carbocycles. The first-order valence-electron chi connectivity index (χ1n) is 10.3. The van der Waals surface area contributed by atoms with Crippen molar-refractivity contribution in [2.75, 3.05) is 24.5 Å². The zero-order chi connectivity index (χ0) is 21.3. The van der Waals surface area contributed by atoms with Crippen molar-refractivity contribution in [3.8, 4) is 5.75 Å². The van der Waals surface area contributed by atoms with Gasteiger partial charge in [0.05, 0.1) is 17.2 Å². The summed E-state index contributed by atoms with van der Waals surface area (Å²) < 4.78 is 29.1. The Bertz CT molecular complexity index is 818. The highest BCUT2D eigenvalue weighted by Gasteiger charge is 2.21. The van der Waals surface area contributed by atoms with Crippen molar-refractivity contribution in [1.82, 2.24) is 15.6 Å². The fourth-order valence-electron chi connectivity index (χ4n) is 3.43. The Morgan fingerprint density at radius 3 is 2.74 bits per heavy atom. The fraction of sp³-hybridized carbons (Fsp3) is 0.524. The Balaban J connectivity index is 0.00000341. The van der Waals surface area contributed by atoms with Crippen LogP contribution in [0.4, 0.5) is 14.5 Å². The Kier molecular flexibility index (Phi) is 10.7. The van der Waals surface area contributed by atoms with Crippen molar-refractivity contribution in [2.45, 2.75) is 52.3 Å². The van der Waals surface area contributed by atoms with E-state index in [-0.39, 0.29) is 35.8 Å². The summed E-state index contributed by atoms with van der Waals surface area (Å²) in [6.45, 7) is 4.42. The van der Waals surface area contributed by atoms with Crippen molar-refractivity contribution in [1.29, 1.82) is 0 Å². The maximum Gasteiger partial charge on any atom is 0.387 e. The monoisotopic (exact) mass is 565 g/mol. The van der Waals surface area contributed by atoms with Crippen molar-refractivity contribution in [3.05, 3.63) is 40.3 Å². The molecule has 31 heavy (non-hydrogen) atoms. The van der Waals surface area contributed by atoms with Gasteiger partial charge >= 0.3 is 6.61 Å². The number of nitrogens with one attached hydrogen (secondary N) is 2. The number of hydrogen-bond acceptors (Lipinski definition) is 5. The average Bonchev–Trinajstić information content (AvgIpc) is 3.21. The molecule has 1 aromatic heterocycles. The lowest BCUT2D eigenvalue weighted by Gasteiger charge is -2.35. The number of halogens is 3. The second-order valence-electron chi connectivity index (χ2n) is 7.08. The number of ether oxygens (including phenoxy) is 1. The third kappa shape index (κ3) is 8.06. The van der Waals surface area contributed by atoms with Gasteiger partial charge in [0.25, 0.3) is 0 Å². The number of hydrogen-bond donors (Lipinski definition) is 2. The topological polar surface area (TPSA) is 61.8 Å². The van der Waals surface area contributed by atoms with Crippen LogP contribution in [0.5, 0.6) is 5.75 Å². The van der Waals surface area contributed by atoms with Gasteiger partial charge in [-0.3, -0.25) is 0 Å². The molecular weight excluding hydrogens is 535 g/mol. The lowest BCUT2D eigenvalue weighted by molar-refractivity contribution is -0.0498. The molecule has 10 heteroatoms. The van der Waals surface area contributed by atoms with E-state index >= 15 is 0 Å². The summed E-state index contributed by atoms with van der Waals surface area (Å²) >= 11 is 1.67. The van der Waals surface area contributed by atoms with Crippen molar-refractivity contribution >= 4 is 47.0 Å². The maximum absolute atomic E-state index is 12.3. The zero-order valence-electron chi connectivity index (χ0n) is 17.8. The number of thiazole rings is 1. The number of aliphatic imine (C=N–C) groups is 1. The lowest BCUT2D eigenvalue weighted by atomic mass is 10.0. The number of nitrogens with zero attached hydrogens (tertiary/aromatic N) is 3. The Labute approximate surface area is 203 Å². The van der Waals surface area contributed by atoms with Gasteiger partial charge in [0, 0.05) is 36.7 Å². The second kappa shape index (κ2) is 13.0. The van der Waals surface area contributed by atoms with Crippen molar-refractivity contribution in [3.63, 3.8) is 0 Å². The summed E-state index contributed by atoms with van der Waals surface area (Å²) in [5.74, 6) is 0.964. The van der Waals surface area contributed by atoms with E-state index in [1.54, 1.807) is 23.5 Å². The number of aryl methyl sites for hydroxylation is 1. The molecule has 1 unspecified atom stereocenters. The summed E-state index contributed by atoms with van der Waals surface area (Å²) in [6, 6.07) is 7.07. The van der Waals surface area contributed by atoms with E-state index in [9.17, 15) is 8.78 Å². The number of rotatable bonds is 8. The Morgan fingerprint density at radius 1 is 1.32 bits per heavy atom. The van der Waals surface area contributed by atoms with E-state index in [0.717, 1.165) is 61.2 Å². The number of piperidine rings is 1. The van der Waals surface area contributed by atoms with Gasteiger partial charge < -0.3 is 20.3 Å². The highest BCUT2D eigenvalue weighted by molar-refractivity contribution is 14.0. The summed E-state index contributed by atoms with van der Waals surface area (Å²) in [7, 11) is 0. The summed E-state index contributed by atoms with van der Waals surface area (Å²) in [6.07, 6.45) is 3.03. The van der Waals surface area contributed by atoms with Gasteiger partial charge in [0.1, 0.15) is 5.75 Å². The molecule has 1 saturated heterocycles. The van der Waals surface area contributed by atoms with Gasteiger partial charge in [-0.05, 0) is 50.5 Å². The third-order valence-electron chi connectivity index (χ3n) is 4.83. The summed E-state index contributed by atoms with van der Waals surface area (Å²) in [5.41, 5.74) is 1.99. The molecule has 0 amide bonds. The van der Waals surface area contributed by atoms with Gasteiger partial charge in [-0.1, -0.05) is 6.92 Å². The largest absolute Gasteiger partial charge is 0.435 e. The van der Waals surface area contributed by atoms with Gasteiger partial charge in [-0.15, -0.1) is 35.3 Å². The van der Waals surface area contributed by atoms with E-state index in [0.29, 0.717) is 6.54 Å². The lowest BCUT2D eigenvalue weighted by Crippen LogP contribution is -2.51. The number of aromatic nitrogens is 1. The van der Waals surface area contributed by atoms with Crippen LogP contribution in [-0.4, -0.2) is 43.2 Å². The van der Waals surface area contributed by atoms with Crippen LogP contribution in [0.1, 0.15) is 37.4 Å². The molecule has 6 nitrogen and oxygen atoms in total. The minimum absolute atomic E-state index is 0. The van der Waals surface area contributed by atoms with Gasteiger partial charge in [-0.25, -0.2) is 9.98 Å². The fourth-order valence-corrected chi connectivity index (χ4v) is 4.16. The zero-order valence-corrected chi connectivity index (χ0v) is 21.0. The average molecular weight is 565 g/mol. The third-order valence-corrected chi connectivity index (χ3v) is 5.88. The molecule has 0 saturated carbocycles. The molecule has 3 rings (SSSR count). The molecule has 0 spiro atoms. The molecule has 2 N–H and O–H groups in total. The molecule has 2 heterocycles. The van der Waals surface area contributed by atoms with Crippen LogP contribution in [0.15, 0.2) is 34.6 Å². The van der Waals surface area contributed by atoms with E-state index in [2.05, 4.69) is 37.6 Å². The van der Waals surface area contributed by atoms with Crippen molar-refractivity contribution < 1.29 is 13.5 Å². The van der Waals surface area contributed by atoms with E-state index < -0.39 is 6.61 Å². The molecule has 2 aromatic rings. The quantitative estimate of drug-likeness (QED) is 0.277. The molecule has 172 valence electrons. The highest BCUT2D eigenvalue weighted by Crippen LogP contribution is 2.24. The van der Waals surface area contributed by atoms with E-state index in [1.165, 1.54) is 0 Å². The van der Waals surface area contributed by atoms with Gasteiger partial charge in [-0.2, -0.15) is 8.78 Å². The Hall–Kier alpha value is -1.69. The number of anilines is 1. The predicted octanol–water partition coefficient (Wildman–Crippen LogP) is 4.65. The summed E-state index contributed by atoms with van der Waals surface area (Å²) in [4.78, 5) is 11.5. The van der Waals surface area contributed by atoms with Crippen molar-refractivity contribution in [2.24, 2.45) is 4.99 Å². The second-order valence-corrected chi connectivity index (χ2v) is 8.03. The number of alkyl halides is 2. The van der Waals surface area contributed by atoms with Crippen LogP contribution >= 0.6 is 35.3 Å². The first-order valence-corrected chi connectivity index (χ1v) is 11.2. The SMILES string of the molecule is CCNC(=NCc1csc(CC)n1)NC1CCCN(c2ccc(OC(F)F)cc2)C1.I. The molecule has 0 bridgehead atoms. The van der Waals surface area contributed by atoms with Gasteiger partial charge in [0.15, 0.2) is 5.96 Å². The Morgan fingerprint density at radius 2 is 2.10 bits per heavy atom. The van der Waals surface area contributed by atoms with Crippen LogP contribution in [0.2, 0.25) is 0 Å². The minimum Gasteiger partial charge on any atom is -0.435 e. The smallest absolute Gasteiger partial charge is 0.387 e. The normalized spacial score (nSPS) is 16.7. The standard InChI is InChI=1S/C21H29F2N5OS.HI/c1-3-19-26-16(14-30-19)12-25-21(24-4-2)27-15-6-5-11-28(13-15)17-7-9-18(10-8-17)29-20(22)23;/h7-10,14-15,20H,3-6,11-13H2,1-2H3,(H2,24,25,27);1H. The summed E-state index contributed by atoms with van der Waals surface area (Å²) in [5, 5.41) is 10.0. The van der Waals surface area contributed by atoms with Crippen LogP contribution in [-0.2, 0) is 13.0 Å². The molecule has 0 radical (unpaired) electrons. The van der Waals surface area contributed by atoms with Crippen LogP contribution in [0, 0.1) is 0 Å². The number of guanidine groups is 1. The van der Waals surface area contributed by atoms with E-state index in [4.69, 9.17) is 4.99 Å². The number of benzene rings is 1. The molecule has 1 atom stereocenters. The van der Waals surface area contributed by atoms with Crippen LogP contribution in [0.3, 0.4) is 0 Å². The first kappa shape index (κ1) is 25.6. The molecule has 1 fully saturated rings. The van der Waals surface area contributed by atoms with Gasteiger partial charge in [0.2, 0.25) is 0 Å².